The number of hydrogen-bond donors (Lipinski definition) is 1. The standard InChI is InChI=1S/C21H19IN2O5S/c1-3-29-17-9-4-13(10-16(17)22)11-18-20(26)24(21(27)30-18)12-19(25)23-14-5-7-15(28-2)8-6-14/h4-11H,3,12H2,1-2H3,(H,23,25)/b18-11+. The second kappa shape index (κ2) is 9.98. The summed E-state index contributed by atoms with van der Waals surface area (Å²) in [4.78, 5) is 38.4. The Hall–Kier alpha value is -2.53. The van der Waals surface area contributed by atoms with Crippen LogP contribution in [0.2, 0.25) is 0 Å². The number of carbonyl (C=O) groups is 3. The maximum atomic E-state index is 12.6. The van der Waals surface area contributed by atoms with E-state index in [0.29, 0.717) is 18.0 Å². The molecule has 1 fully saturated rings. The molecule has 0 aliphatic carbocycles. The topological polar surface area (TPSA) is 84.9 Å². The van der Waals surface area contributed by atoms with E-state index in [1.54, 1.807) is 37.5 Å². The number of benzene rings is 2. The third-order valence-electron chi connectivity index (χ3n) is 4.10. The molecule has 0 aromatic heterocycles. The number of nitrogens with zero attached hydrogens (tertiary/aromatic N) is 1. The van der Waals surface area contributed by atoms with Crippen LogP contribution in [0.25, 0.3) is 6.08 Å². The summed E-state index contributed by atoms with van der Waals surface area (Å²) in [6.07, 6.45) is 1.64. The van der Waals surface area contributed by atoms with Crippen molar-refractivity contribution in [3.8, 4) is 11.5 Å². The molecule has 156 valence electrons. The van der Waals surface area contributed by atoms with Crippen molar-refractivity contribution in [3.63, 3.8) is 0 Å². The molecule has 0 bridgehead atoms. The first-order valence-corrected chi connectivity index (χ1v) is 10.9. The predicted molar refractivity (Wildman–Crippen MR) is 125 cm³/mol. The summed E-state index contributed by atoms with van der Waals surface area (Å²) in [7, 11) is 1.55. The fourth-order valence-corrected chi connectivity index (χ4v) is 4.22. The van der Waals surface area contributed by atoms with Crippen molar-refractivity contribution in [2.24, 2.45) is 0 Å². The molecule has 9 heteroatoms. The minimum atomic E-state index is -0.487. The summed E-state index contributed by atoms with van der Waals surface area (Å²) >= 11 is 2.97. The predicted octanol–water partition coefficient (Wildman–Crippen LogP) is 4.37. The number of imide groups is 1. The molecule has 2 aromatic rings. The molecule has 0 saturated carbocycles. The molecular weight excluding hydrogens is 519 g/mol. The monoisotopic (exact) mass is 538 g/mol. The zero-order chi connectivity index (χ0) is 21.7. The molecular formula is C21H19IN2O5S. The maximum absolute atomic E-state index is 12.6. The van der Waals surface area contributed by atoms with Gasteiger partial charge in [-0.15, -0.1) is 0 Å². The van der Waals surface area contributed by atoms with Crippen LogP contribution in [-0.2, 0) is 9.59 Å². The van der Waals surface area contributed by atoms with Crippen molar-refractivity contribution >= 4 is 63.2 Å². The minimum absolute atomic E-state index is 0.275. The van der Waals surface area contributed by atoms with Crippen LogP contribution >= 0.6 is 34.4 Å². The van der Waals surface area contributed by atoms with Crippen LogP contribution in [0.15, 0.2) is 47.4 Å². The SMILES string of the molecule is CCOc1ccc(/C=C2/SC(=O)N(CC(=O)Nc3ccc(OC)cc3)C2=O)cc1I. The molecule has 1 N–H and O–H groups in total. The molecule has 30 heavy (non-hydrogen) atoms. The molecule has 1 aliphatic heterocycles. The Morgan fingerprint density at radius 3 is 2.57 bits per heavy atom. The molecule has 3 rings (SSSR count). The summed E-state index contributed by atoms with van der Waals surface area (Å²) in [5.74, 6) is 0.477. The average molecular weight is 538 g/mol. The van der Waals surface area contributed by atoms with Crippen LogP contribution in [0.3, 0.4) is 0 Å². The highest BCUT2D eigenvalue weighted by molar-refractivity contribution is 14.1. The molecule has 1 saturated heterocycles. The zero-order valence-electron chi connectivity index (χ0n) is 16.3. The first kappa shape index (κ1) is 22.2. The van der Waals surface area contributed by atoms with Gasteiger partial charge in [0.15, 0.2) is 0 Å². The average Bonchev–Trinajstić information content (AvgIpc) is 2.98. The lowest BCUT2D eigenvalue weighted by molar-refractivity contribution is -0.127. The molecule has 7 nitrogen and oxygen atoms in total. The molecule has 0 atom stereocenters. The van der Waals surface area contributed by atoms with Gasteiger partial charge in [-0.1, -0.05) is 6.07 Å². The number of ether oxygens (including phenoxy) is 2. The normalized spacial score (nSPS) is 14.9. The third kappa shape index (κ3) is 5.33. The van der Waals surface area contributed by atoms with Crippen LogP contribution in [0.4, 0.5) is 10.5 Å². The Bertz CT molecular complexity index is 1010. The molecule has 1 heterocycles. The number of anilines is 1. The van der Waals surface area contributed by atoms with Gasteiger partial charge in [-0.2, -0.15) is 0 Å². The number of amides is 3. The van der Waals surface area contributed by atoms with Gasteiger partial charge in [-0.25, -0.2) is 0 Å². The van der Waals surface area contributed by atoms with Gasteiger partial charge >= 0.3 is 0 Å². The lowest BCUT2D eigenvalue weighted by atomic mass is 10.2. The Morgan fingerprint density at radius 2 is 1.93 bits per heavy atom. The van der Waals surface area contributed by atoms with Crippen molar-refractivity contribution in [2.75, 3.05) is 25.6 Å². The zero-order valence-corrected chi connectivity index (χ0v) is 19.3. The largest absolute Gasteiger partial charge is 0.497 e. The van der Waals surface area contributed by atoms with Crippen molar-refractivity contribution in [2.45, 2.75) is 6.92 Å². The molecule has 0 unspecified atom stereocenters. The fourth-order valence-electron chi connectivity index (χ4n) is 2.69. The highest BCUT2D eigenvalue weighted by Crippen LogP contribution is 2.33. The van der Waals surface area contributed by atoms with E-state index in [0.717, 1.165) is 31.5 Å². The van der Waals surface area contributed by atoms with Crippen LogP contribution in [-0.4, -0.2) is 42.2 Å². The quantitative estimate of drug-likeness (QED) is 0.417. The molecule has 2 aromatic carbocycles. The van der Waals surface area contributed by atoms with Gasteiger partial charge in [0.2, 0.25) is 5.91 Å². The molecule has 1 aliphatic rings. The third-order valence-corrected chi connectivity index (χ3v) is 5.85. The number of nitrogens with one attached hydrogen (secondary N) is 1. The van der Waals surface area contributed by atoms with Gasteiger partial charge in [-0.05, 0) is 89.3 Å². The number of methoxy groups -OCH3 is 1. The van der Waals surface area contributed by atoms with Crippen LogP contribution < -0.4 is 14.8 Å². The minimum Gasteiger partial charge on any atom is -0.497 e. The Morgan fingerprint density at radius 1 is 1.20 bits per heavy atom. The summed E-state index contributed by atoms with van der Waals surface area (Å²) < 4.78 is 11.5. The van der Waals surface area contributed by atoms with E-state index < -0.39 is 17.1 Å². The number of hydrogen-bond acceptors (Lipinski definition) is 6. The van der Waals surface area contributed by atoms with Gasteiger partial charge in [0.05, 0.1) is 22.2 Å². The lowest BCUT2D eigenvalue weighted by Gasteiger charge is -2.12. The number of halogens is 1. The second-order valence-electron chi connectivity index (χ2n) is 6.17. The Balaban J connectivity index is 1.67. The van der Waals surface area contributed by atoms with E-state index in [4.69, 9.17) is 9.47 Å². The van der Waals surface area contributed by atoms with Gasteiger partial charge in [0.1, 0.15) is 18.0 Å². The lowest BCUT2D eigenvalue weighted by Crippen LogP contribution is -2.36. The summed E-state index contributed by atoms with van der Waals surface area (Å²) in [5, 5.41) is 2.19. The number of rotatable bonds is 7. The fraction of sp³-hybridized carbons (Fsp3) is 0.190. The van der Waals surface area contributed by atoms with Gasteiger partial charge in [0, 0.05) is 5.69 Å². The second-order valence-corrected chi connectivity index (χ2v) is 8.32. The number of carbonyl (C=O) groups excluding carboxylic acids is 3. The van der Waals surface area contributed by atoms with E-state index in [-0.39, 0.29) is 11.4 Å². The Kier molecular flexibility index (Phi) is 7.38. The van der Waals surface area contributed by atoms with E-state index in [1.165, 1.54) is 0 Å². The first-order chi connectivity index (χ1) is 14.4. The van der Waals surface area contributed by atoms with Crippen molar-refractivity contribution < 1.29 is 23.9 Å². The van der Waals surface area contributed by atoms with Crippen molar-refractivity contribution in [1.82, 2.24) is 4.90 Å². The van der Waals surface area contributed by atoms with Gasteiger partial charge < -0.3 is 14.8 Å². The van der Waals surface area contributed by atoms with Crippen LogP contribution in [0, 0.1) is 3.57 Å². The highest BCUT2D eigenvalue weighted by atomic mass is 127. The van der Waals surface area contributed by atoms with E-state index >= 15 is 0 Å². The van der Waals surface area contributed by atoms with Crippen molar-refractivity contribution in [1.29, 1.82) is 0 Å². The smallest absolute Gasteiger partial charge is 0.294 e. The molecule has 3 amide bonds. The van der Waals surface area contributed by atoms with E-state index in [2.05, 4.69) is 27.9 Å². The van der Waals surface area contributed by atoms with Crippen LogP contribution in [0.5, 0.6) is 11.5 Å². The van der Waals surface area contributed by atoms with Gasteiger partial charge in [0.25, 0.3) is 11.1 Å². The molecule has 0 radical (unpaired) electrons. The van der Waals surface area contributed by atoms with E-state index in [1.807, 2.05) is 25.1 Å². The van der Waals surface area contributed by atoms with Crippen molar-refractivity contribution in [3.05, 3.63) is 56.5 Å². The number of thioether (sulfide) groups is 1. The molecule has 0 spiro atoms. The first-order valence-electron chi connectivity index (χ1n) is 9.03. The summed E-state index contributed by atoms with van der Waals surface area (Å²) in [6.45, 7) is 2.12. The van der Waals surface area contributed by atoms with Gasteiger partial charge in [-0.3, -0.25) is 19.3 Å². The highest BCUT2D eigenvalue weighted by Gasteiger charge is 2.36. The Labute approximate surface area is 191 Å². The van der Waals surface area contributed by atoms with E-state index in [9.17, 15) is 14.4 Å². The summed E-state index contributed by atoms with van der Waals surface area (Å²) in [5.41, 5.74) is 1.32. The summed E-state index contributed by atoms with van der Waals surface area (Å²) in [6, 6.07) is 12.3. The van der Waals surface area contributed by atoms with Crippen LogP contribution in [0.1, 0.15) is 12.5 Å². The maximum Gasteiger partial charge on any atom is 0.294 e.